The minimum absolute atomic E-state index is 0.0224. The Bertz CT molecular complexity index is 1860. The zero-order valence-corrected chi connectivity index (χ0v) is 23.7. The van der Waals surface area contributed by atoms with E-state index in [-0.39, 0.29) is 23.6 Å². The van der Waals surface area contributed by atoms with Crippen LogP contribution in [-0.2, 0) is 11.1 Å². The number of nitrogens with zero attached hydrogens (tertiary/aromatic N) is 3. The van der Waals surface area contributed by atoms with Crippen molar-refractivity contribution >= 4 is 16.7 Å². The lowest BCUT2D eigenvalue weighted by atomic mass is 9.85. The number of aliphatic hydroxyl groups is 1. The highest BCUT2D eigenvalue weighted by molar-refractivity contribution is 6.01. The molecule has 7 nitrogen and oxygen atoms in total. The van der Waals surface area contributed by atoms with E-state index in [1.54, 1.807) is 54.3 Å². The molecule has 226 valence electrons. The Morgan fingerprint density at radius 2 is 1.82 bits per heavy atom. The summed E-state index contributed by atoms with van der Waals surface area (Å²) in [7, 11) is 1.41. The Labute approximate surface area is 249 Å². The summed E-state index contributed by atoms with van der Waals surface area (Å²) < 4.78 is 71.5. The zero-order chi connectivity index (χ0) is 31.3. The van der Waals surface area contributed by atoms with Crippen LogP contribution in [0.15, 0.2) is 85.3 Å². The molecule has 0 fully saturated rings. The number of ether oxygens (including phenoxy) is 2. The summed E-state index contributed by atoms with van der Waals surface area (Å²) in [6, 6.07) is 16.2. The van der Waals surface area contributed by atoms with Gasteiger partial charge in [-0.05, 0) is 74.0 Å². The molecule has 0 bridgehead atoms. The van der Waals surface area contributed by atoms with Crippen LogP contribution in [0.1, 0.15) is 41.4 Å². The highest BCUT2D eigenvalue weighted by Gasteiger charge is 2.57. The van der Waals surface area contributed by atoms with Gasteiger partial charge >= 0.3 is 6.18 Å². The summed E-state index contributed by atoms with van der Waals surface area (Å²) in [4.78, 5) is 21.8. The minimum Gasteiger partial charge on any atom is -0.494 e. The van der Waals surface area contributed by atoms with Crippen molar-refractivity contribution in [2.75, 3.05) is 13.7 Å². The largest absolute Gasteiger partial charge is 0.494 e. The van der Waals surface area contributed by atoms with E-state index in [4.69, 9.17) is 9.47 Å². The number of ketones is 1. The minimum atomic E-state index is -5.21. The summed E-state index contributed by atoms with van der Waals surface area (Å²) >= 11 is 0. The van der Waals surface area contributed by atoms with Crippen LogP contribution < -0.4 is 9.47 Å². The molecule has 1 N–H and O–H groups in total. The van der Waals surface area contributed by atoms with Crippen LogP contribution in [0.2, 0.25) is 0 Å². The summed E-state index contributed by atoms with van der Waals surface area (Å²) in [5.41, 5.74) is -3.83. The van der Waals surface area contributed by atoms with Crippen LogP contribution in [-0.4, -0.2) is 45.3 Å². The second-order valence-corrected chi connectivity index (χ2v) is 10.9. The summed E-state index contributed by atoms with van der Waals surface area (Å²) in [5.74, 6) is -0.636. The Morgan fingerprint density at radius 1 is 1.09 bits per heavy atom. The number of carbonyl (C=O) groups is 1. The number of hydrogen-bond donors (Lipinski definition) is 1. The average Bonchev–Trinajstić information content (AvgIpc) is 3.68. The number of benzene rings is 2. The van der Waals surface area contributed by atoms with Gasteiger partial charge in [0.2, 0.25) is 5.60 Å². The van der Waals surface area contributed by atoms with Crippen molar-refractivity contribution < 1.29 is 36.9 Å². The lowest BCUT2D eigenvalue weighted by molar-refractivity contribution is -0.270. The van der Waals surface area contributed by atoms with Crippen molar-refractivity contribution in [3.8, 4) is 22.8 Å². The molecule has 0 radical (unpaired) electrons. The third kappa shape index (κ3) is 4.86. The number of carbonyl (C=O) groups excluding carboxylic acids is 1. The number of aromatic nitrogens is 3. The fraction of sp³-hybridized carbons (Fsp3) is 0.242. The molecule has 0 unspecified atom stereocenters. The molecule has 2 atom stereocenters. The quantitative estimate of drug-likeness (QED) is 0.154. The summed E-state index contributed by atoms with van der Waals surface area (Å²) in [6.45, 7) is 1.88. The maximum Gasteiger partial charge on any atom is 0.422 e. The van der Waals surface area contributed by atoms with E-state index in [0.717, 1.165) is 12.1 Å². The standard InChI is InChI=1S/C33H27F4N3O4/c1-31(40-14-3-4-15-40)19-44-30-24(31)18-27(39-29(30)20-7-9-23(34)10-8-20)32(42,33(35,36)37)12-11-25(41)22-16-21-6-5-13-38-28(21)26(17-22)43-2/h3-10,13-18,42H,11-12,19H2,1-2H3/t31-,32-/m0/s1. The first kappa shape index (κ1) is 29.3. The van der Waals surface area contributed by atoms with Gasteiger partial charge in [-0.15, -0.1) is 0 Å². The van der Waals surface area contributed by atoms with E-state index in [1.165, 1.54) is 37.4 Å². The van der Waals surface area contributed by atoms with E-state index < -0.39 is 47.5 Å². The number of methoxy groups -OCH3 is 1. The van der Waals surface area contributed by atoms with Gasteiger partial charge in [-0.1, -0.05) is 6.07 Å². The predicted molar refractivity (Wildman–Crippen MR) is 154 cm³/mol. The first-order valence-corrected chi connectivity index (χ1v) is 13.8. The lowest BCUT2D eigenvalue weighted by Crippen LogP contribution is -2.44. The van der Waals surface area contributed by atoms with E-state index in [0.29, 0.717) is 27.8 Å². The van der Waals surface area contributed by atoms with Crippen LogP contribution in [0.4, 0.5) is 17.6 Å². The monoisotopic (exact) mass is 605 g/mol. The molecular weight excluding hydrogens is 578 g/mol. The first-order chi connectivity index (χ1) is 20.9. The number of hydrogen-bond acceptors (Lipinski definition) is 6. The van der Waals surface area contributed by atoms with Crippen LogP contribution in [0.25, 0.3) is 22.2 Å². The number of pyridine rings is 2. The SMILES string of the molecule is COc1cc(C(=O)CC[C@](O)(c2cc3c(c(-c4ccc(F)cc4)n2)OC[C@]3(C)n2cccc2)C(F)(F)F)cc2cccnc12. The highest BCUT2D eigenvalue weighted by atomic mass is 19.4. The molecule has 4 heterocycles. The molecule has 0 saturated carbocycles. The molecule has 0 saturated heterocycles. The van der Waals surface area contributed by atoms with Gasteiger partial charge in [-0.25, -0.2) is 9.37 Å². The summed E-state index contributed by atoms with van der Waals surface area (Å²) in [6.07, 6.45) is -1.77. The molecule has 1 aliphatic heterocycles. The molecule has 2 aromatic carbocycles. The van der Waals surface area contributed by atoms with Crippen LogP contribution >= 0.6 is 0 Å². The van der Waals surface area contributed by atoms with Gasteiger partial charge in [0, 0.05) is 47.1 Å². The average molecular weight is 606 g/mol. The summed E-state index contributed by atoms with van der Waals surface area (Å²) in [5, 5.41) is 12.0. The molecule has 0 spiro atoms. The van der Waals surface area contributed by atoms with Gasteiger partial charge in [-0.2, -0.15) is 13.2 Å². The lowest BCUT2D eigenvalue weighted by Gasteiger charge is -2.32. The van der Waals surface area contributed by atoms with Gasteiger partial charge in [0.15, 0.2) is 11.5 Å². The molecule has 0 aliphatic carbocycles. The van der Waals surface area contributed by atoms with Crippen molar-refractivity contribution in [1.29, 1.82) is 0 Å². The first-order valence-electron chi connectivity index (χ1n) is 13.8. The van der Waals surface area contributed by atoms with Gasteiger partial charge < -0.3 is 19.1 Å². The van der Waals surface area contributed by atoms with Crippen LogP contribution in [0, 0.1) is 5.82 Å². The van der Waals surface area contributed by atoms with E-state index in [2.05, 4.69) is 9.97 Å². The molecule has 44 heavy (non-hydrogen) atoms. The third-order valence-corrected chi connectivity index (χ3v) is 8.16. The molecule has 5 aromatic rings. The third-order valence-electron chi connectivity index (χ3n) is 8.16. The Kier molecular flexibility index (Phi) is 7.16. The fourth-order valence-electron chi connectivity index (χ4n) is 5.59. The van der Waals surface area contributed by atoms with E-state index >= 15 is 0 Å². The topological polar surface area (TPSA) is 86.5 Å². The molecule has 1 aliphatic rings. The fourth-order valence-corrected chi connectivity index (χ4v) is 5.59. The molecule has 3 aromatic heterocycles. The van der Waals surface area contributed by atoms with Crippen LogP contribution in [0.3, 0.4) is 0 Å². The number of Topliss-reactive ketones (excluding diaryl/α,β-unsaturated/α-hetero) is 1. The van der Waals surface area contributed by atoms with E-state index in [9.17, 15) is 27.5 Å². The van der Waals surface area contributed by atoms with Crippen molar-refractivity contribution in [3.63, 3.8) is 0 Å². The second-order valence-electron chi connectivity index (χ2n) is 10.9. The number of halogens is 4. The van der Waals surface area contributed by atoms with Gasteiger partial charge in [0.1, 0.15) is 34.9 Å². The zero-order valence-electron chi connectivity index (χ0n) is 23.7. The number of fused-ring (bicyclic) bond motifs is 2. The van der Waals surface area contributed by atoms with E-state index in [1.807, 2.05) is 0 Å². The Balaban J connectivity index is 1.44. The van der Waals surface area contributed by atoms with Gasteiger partial charge in [0.05, 0.1) is 12.8 Å². The predicted octanol–water partition coefficient (Wildman–Crippen LogP) is 6.81. The Hall–Kier alpha value is -4.77. The van der Waals surface area contributed by atoms with Crippen molar-refractivity contribution in [2.45, 2.75) is 37.1 Å². The highest BCUT2D eigenvalue weighted by Crippen LogP contribution is 2.49. The molecule has 6 rings (SSSR count). The van der Waals surface area contributed by atoms with Gasteiger partial charge in [0.25, 0.3) is 0 Å². The molecule has 0 amide bonds. The maximum atomic E-state index is 14.9. The van der Waals surface area contributed by atoms with Crippen molar-refractivity contribution in [2.24, 2.45) is 0 Å². The second kappa shape index (κ2) is 10.7. The number of alkyl halides is 3. The Morgan fingerprint density at radius 3 is 2.50 bits per heavy atom. The smallest absolute Gasteiger partial charge is 0.422 e. The maximum absolute atomic E-state index is 14.9. The van der Waals surface area contributed by atoms with Crippen molar-refractivity contribution in [3.05, 3.63) is 108 Å². The van der Waals surface area contributed by atoms with Crippen LogP contribution in [0.5, 0.6) is 11.5 Å². The molecular formula is C33H27F4N3O4. The number of rotatable bonds is 8. The van der Waals surface area contributed by atoms with Crippen molar-refractivity contribution in [1.82, 2.24) is 14.5 Å². The van der Waals surface area contributed by atoms with Gasteiger partial charge in [-0.3, -0.25) is 9.78 Å². The normalized spacial score (nSPS) is 17.6. The molecule has 11 heteroatoms.